The number of benzene rings is 2. The van der Waals surface area contributed by atoms with E-state index in [1.54, 1.807) is 31.2 Å². The summed E-state index contributed by atoms with van der Waals surface area (Å²) < 4.78 is 37.7. The SMILES string of the molecule is C[C@H]1CCCN(CCCOc2ccc([C@@H]3Oc4ccccc4S(=O)(=O)[C@H]3C)cc2)C1. The predicted octanol–water partition coefficient (Wildman–Crippen LogP) is 4.48. The van der Waals surface area contributed by atoms with Gasteiger partial charge in [0.15, 0.2) is 9.84 Å². The van der Waals surface area contributed by atoms with Gasteiger partial charge in [0, 0.05) is 13.1 Å². The van der Waals surface area contributed by atoms with Crippen molar-refractivity contribution in [2.75, 3.05) is 26.2 Å². The number of sulfone groups is 1. The number of fused-ring (bicyclic) bond motifs is 1. The van der Waals surface area contributed by atoms with Crippen molar-refractivity contribution in [1.82, 2.24) is 4.90 Å². The number of ether oxygens (including phenoxy) is 2. The lowest BCUT2D eigenvalue weighted by Gasteiger charge is -2.31. The van der Waals surface area contributed by atoms with Gasteiger partial charge in [0.05, 0.1) is 6.61 Å². The van der Waals surface area contributed by atoms with E-state index in [9.17, 15) is 8.42 Å². The number of hydrogen-bond acceptors (Lipinski definition) is 5. The molecule has 3 atom stereocenters. The smallest absolute Gasteiger partial charge is 0.188 e. The van der Waals surface area contributed by atoms with Crippen LogP contribution in [0.2, 0.25) is 0 Å². The minimum absolute atomic E-state index is 0.275. The predicted molar refractivity (Wildman–Crippen MR) is 118 cm³/mol. The number of hydrogen-bond donors (Lipinski definition) is 0. The van der Waals surface area contributed by atoms with Crippen LogP contribution in [0.3, 0.4) is 0 Å². The Hall–Kier alpha value is -2.05. The zero-order valence-electron chi connectivity index (χ0n) is 17.8. The molecule has 0 bridgehead atoms. The maximum absolute atomic E-state index is 12.9. The van der Waals surface area contributed by atoms with Gasteiger partial charge >= 0.3 is 0 Å². The first-order chi connectivity index (χ1) is 14.4. The molecule has 0 N–H and O–H groups in total. The fourth-order valence-corrected chi connectivity index (χ4v) is 6.04. The van der Waals surface area contributed by atoms with Gasteiger partial charge in [-0.05, 0) is 68.5 Å². The zero-order valence-corrected chi connectivity index (χ0v) is 18.6. The van der Waals surface area contributed by atoms with Crippen molar-refractivity contribution in [1.29, 1.82) is 0 Å². The van der Waals surface area contributed by atoms with Gasteiger partial charge in [-0.2, -0.15) is 0 Å². The molecule has 2 aliphatic heterocycles. The van der Waals surface area contributed by atoms with Crippen molar-refractivity contribution < 1.29 is 17.9 Å². The van der Waals surface area contributed by atoms with E-state index in [1.165, 1.54) is 25.9 Å². The molecular weight excluding hydrogens is 398 g/mol. The van der Waals surface area contributed by atoms with Crippen molar-refractivity contribution in [3.8, 4) is 11.5 Å². The first-order valence-electron chi connectivity index (χ1n) is 10.9. The van der Waals surface area contributed by atoms with Gasteiger partial charge in [-0.25, -0.2) is 8.42 Å². The van der Waals surface area contributed by atoms with Crippen LogP contribution in [0.15, 0.2) is 53.4 Å². The number of nitrogens with zero attached hydrogens (tertiary/aromatic N) is 1. The molecule has 0 saturated carbocycles. The molecule has 0 radical (unpaired) electrons. The molecule has 4 rings (SSSR count). The standard InChI is InChI=1S/C24H31NO4S/c1-18-7-5-14-25(17-18)15-6-16-28-21-12-10-20(11-13-21)24-19(2)30(26,27)23-9-4-3-8-22(23)29-24/h3-4,8-13,18-19,24H,5-7,14-17H2,1-2H3/t18-,19-,24+/m0/s1. The van der Waals surface area contributed by atoms with Gasteiger partial charge in [-0.1, -0.05) is 31.2 Å². The molecule has 1 fully saturated rings. The van der Waals surface area contributed by atoms with E-state index >= 15 is 0 Å². The molecule has 0 unspecified atom stereocenters. The Labute approximate surface area is 179 Å². The normalized spacial score (nSPS) is 25.9. The van der Waals surface area contributed by atoms with Crippen LogP contribution in [-0.4, -0.2) is 44.8 Å². The van der Waals surface area contributed by atoms with Gasteiger partial charge in [0.1, 0.15) is 27.7 Å². The Morgan fingerprint density at radius 1 is 1.10 bits per heavy atom. The highest BCUT2D eigenvalue weighted by atomic mass is 32.2. The van der Waals surface area contributed by atoms with E-state index in [4.69, 9.17) is 9.47 Å². The number of piperidine rings is 1. The van der Waals surface area contributed by atoms with Crippen molar-refractivity contribution >= 4 is 9.84 Å². The van der Waals surface area contributed by atoms with E-state index < -0.39 is 21.2 Å². The van der Waals surface area contributed by atoms with Crippen LogP contribution in [0, 0.1) is 5.92 Å². The lowest BCUT2D eigenvalue weighted by molar-refractivity contribution is 0.170. The van der Waals surface area contributed by atoms with Crippen LogP contribution in [-0.2, 0) is 9.84 Å². The van der Waals surface area contributed by atoms with Crippen LogP contribution >= 0.6 is 0 Å². The summed E-state index contributed by atoms with van der Waals surface area (Å²) in [5.41, 5.74) is 0.843. The summed E-state index contributed by atoms with van der Waals surface area (Å²) in [6, 6.07) is 14.5. The second kappa shape index (κ2) is 8.98. The number of likely N-dealkylation sites (tertiary alicyclic amines) is 1. The van der Waals surface area contributed by atoms with Gasteiger partial charge in [0.25, 0.3) is 0 Å². The third kappa shape index (κ3) is 4.49. The van der Waals surface area contributed by atoms with Gasteiger partial charge < -0.3 is 14.4 Å². The van der Waals surface area contributed by atoms with Gasteiger partial charge in [0.2, 0.25) is 0 Å². The van der Waals surface area contributed by atoms with Crippen molar-refractivity contribution in [2.45, 2.75) is 49.4 Å². The van der Waals surface area contributed by atoms with E-state index in [0.717, 1.165) is 30.2 Å². The van der Waals surface area contributed by atoms with Crippen molar-refractivity contribution in [2.24, 2.45) is 5.92 Å². The summed E-state index contributed by atoms with van der Waals surface area (Å²) in [7, 11) is -3.42. The largest absolute Gasteiger partial charge is 0.494 e. The second-order valence-corrected chi connectivity index (χ2v) is 10.8. The first kappa shape index (κ1) is 21.2. The number of para-hydroxylation sites is 1. The summed E-state index contributed by atoms with van der Waals surface area (Å²) in [5, 5.41) is -0.647. The fourth-order valence-electron chi connectivity index (χ4n) is 4.44. The number of rotatable bonds is 6. The molecule has 0 spiro atoms. The average molecular weight is 430 g/mol. The lowest BCUT2D eigenvalue weighted by Crippen LogP contribution is -2.35. The molecule has 30 heavy (non-hydrogen) atoms. The average Bonchev–Trinajstić information content (AvgIpc) is 2.75. The van der Waals surface area contributed by atoms with E-state index in [2.05, 4.69) is 11.8 Å². The molecule has 0 aromatic heterocycles. The van der Waals surface area contributed by atoms with Crippen LogP contribution in [0.1, 0.15) is 44.8 Å². The molecule has 2 heterocycles. The molecule has 162 valence electrons. The maximum atomic E-state index is 12.9. The highest BCUT2D eigenvalue weighted by Crippen LogP contribution is 2.40. The fraction of sp³-hybridized carbons (Fsp3) is 0.500. The quantitative estimate of drug-likeness (QED) is 0.634. The molecule has 2 aromatic rings. The van der Waals surface area contributed by atoms with Crippen LogP contribution in [0.25, 0.3) is 0 Å². The molecule has 2 aromatic carbocycles. The highest BCUT2D eigenvalue weighted by Gasteiger charge is 2.40. The molecule has 0 aliphatic carbocycles. The van der Waals surface area contributed by atoms with E-state index in [1.807, 2.05) is 24.3 Å². The van der Waals surface area contributed by atoms with Crippen molar-refractivity contribution in [3.05, 3.63) is 54.1 Å². The third-order valence-electron chi connectivity index (χ3n) is 6.16. The Bertz CT molecular complexity index is 957. The van der Waals surface area contributed by atoms with Gasteiger partial charge in [-0.3, -0.25) is 0 Å². The topological polar surface area (TPSA) is 55.8 Å². The molecule has 6 heteroatoms. The minimum atomic E-state index is -3.42. The summed E-state index contributed by atoms with van der Waals surface area (Å²) in [6.07, 6.45) is 3.12. The molecular formula is C24H31NO4S. The summed E-state index contributed by atoms with van der Waals surface area (Å²) in [6.45, 7) is 8.19. The highest BCUT2D eigenvalue weighted by molar-refractivity contribution is 7.92. The zero-order chi connectivity index (χ0) is 21.1. The Kier molecular flexibility index (Phi) is 6.34. The summed E-state index contributed by atoms with van der Waals surface area (Å²) >= 11 is 0. The third-order valence-corrected chi connectivity index (χ3v) is 8.34. The Morgan fingerprint density at radius 2 is 1.87 bits per heavy atom. The van der Waals surface area contributed by atoms with Gasteiger partial charge in [-0.15, -0.1) is 0 Å². The second-order valence-electron chi connectivity index (χ2n) is 8.55. The molecule has 0 amide bonds. The summed E-state index contributed by atoms with van der Waals surface area (Å²) in [4.78, 5) is 2.80. The summed E-state index contributed by atoms with van der Waals surface area (Å²) in [5.74, 6) is 2.03. The molecule has 1 saturated heterocycles. The Balaban J connectivity index is 1.34. The van der Waals surface area contributed by atoms with E-state index in [0.29, 0.717) is 12.4 Å². The Morgan fingerprint density at radius 3 is 2.63 bits per heavy atom. The van der Waals surface area contributed by atoms with Crippen LogP contribution < -0.4 is 9.47 Å². The monoisotopic (exact) mass is 429 g/mol. The first-order valence-corrected chi connectivity index (χ1v) is 12.4. The van der Waals surface area contributed by atoms with Crippen LogP contribution in [0.4, 0.5) is 0 Å². The van der Waals surface area contributed by atoms with Crippen LogP contribution in [0.5, 0.6) is 11.5 Å². The maximum Gasteiger partial charge on any atom is 0.188 e. The molecule has 2 aliphatic rings. The molecule has 5 nitrogen and oxygen atoms in total. The van der Waals surface area contributed by atoms with Crippen molar-refractivity contribution in [3.63, 3.8) is 0 Å². The minimum Gasteiger partial charge on any atom is -0.494 e. The van der Waals surface area contributed by atoms with E-state index in [-0.39, 0.29) is 4.90 Å². The lowest BCUT2D eigenvalue weighted by atomic mass is 10.0.